The normalized spacial score (nSPS) is 12.2. The summed E-state index contributed by atoms with van der Waals surface area (Å²) in [5.41, 5.74) is 2.77. The van der Waals surface area contributed by atoms with Gasteiger partial charge in [-0.05, 0) is 71.4 Å². The third-order valence-electron chi connectivity index (χ3n) is 4.48. The number of pyridine rings is 1. The van der Waals surface area contributed by atoms with Crippen molar-refractivity contribution in [2.24, 2.45) is 5.41 Å². The molecule has 154 valence electrons. The number of nitrogens with zero attached hydrogens (tertiary/aromatic N) is 2. The molecule has 5 nitrogen and oxygen atoms in total. The second-order valence-electron chi connectivity index (χ2n) is 9.05. The number of alkyl halides is 1. The van der Waals surface area contributed by atoms with E-state index in [-0.39, 0.29) is 17.4 Å². The molecule has 0 saturated carbocycles. The fourth-order valence-corrected chi connectivity index (χ4v) is 2.94. The van der Waals surface area contributed by atoms with E-state index < -0.39 is 5.41 Å². The summed E-state index contributed by atoms with van der Waals surface area (Å²) in [6.07, 6.45) is 2.02. The van der Waals surface area contributed by atoms with Crippen LogP contribution in [0.2, 0.25) is 0 Å². The van der Waals surface area contributed by atoms with Crippen LogP contribution in [0.25, 0.3) is 16.9 Å². The molecule has 0 spiro atoms. The highest BCUT2D eigenvalue weighted by molar-refractivity contribution is 6.19. The van der Waals surface area contributed by atoms with Crippen LogP contribution in [0.3, 0.4) is 0 Å². The summed E-state index contributed by atoms with van der Waals surface area (Å²) < 4.78 is 7.63. The number of rotatable bonds is 5. The predicted molar refractivity (Wildman–Crippen MR) is 119 cm³/mol. The third kappa shape index (κ3) is 4.73. The first kappa shape index (κ1) is 21.2. The van der Waals surface area contributed by atoms with Crippen molar-refractivity contribution >= 4 is 29.0 Å². The molecule has 3 rings (SSSR count). The second-order valence-corrected chi connectivity index (χ2v) is 9.32. The lowest BCUT2D eigenvalue weighted by Gasteiger charge is -2.23. The number of halogens is 1. The van der Waals surface area contributed by atoms with Crippen molar-refractivity contribution in [3.05, 3.63) is 48.2 Å². The van der Waals surface area contributed by atoms with Crippen molar-refractivity contribution in [1.82, 2.24) is 9.38 Å². The van der Waals surface area contributed by atoms with Crippen LogP contribution in [0.15, 0.2) is 42.6 Å². The molecule has 0 amide bonds. The van der Waals surface area contributed by atoms with Crippen molar-refractivity contribution in [2.75, 3.05) is 11.2 Å². The van der Waals surface area contributed by atoms with E-state index in [1.165, 1.54) is 0 Å². The molecular formula is C23H28ClN3O2. The molecule has 1 aromatic carbocycles. The number of benzene rings is 1. The van der Waals surface area contributed by atoms with Gasteiger partial charge in [0, 0.05) is 23.2 Å². The Hall–Kier alpha value is -2.53. The second kappa shape index (κ2) is 7.71. The number of carbonyl (C=O) groups excluding carboxylic acids is 1. The SMILES string of the molecule is Cc1ccn2c(NC(C)(C)C)c(-c3cccc(OC(=O)C(C)(C)CCl)c3)nc2c1. The maximum Gasteiger partial charge on any atom is 0.318 e. The third-order valence-corrected chi connectivity index (χ3v) is 5.15. The molecule has 0 aliphatic heterocycles. The van der Waals surface area contributed by atoms with Crippen LogP contribution in [0.1, 0.15) is 40.2 Å². The maximum atomic E-state index is 12.4. The molecule has 1 N–H and O–H groups in total. The number of ether oxygens (including phenoxy) is 1. The van der Waals surface area contributed by atoms with Gasteiger partial charge in [-0.2, -0.15) is 0 Å². The lowest BCUT2D eigenvalue weighted by Crippen LogP contribution is -2.30. The lowest BCUT2D eigenvalue weighted by atomic mass is 9.97. The van der Waals surface area contributed by atoms with E-state index in [0.717, 1.165) is 28.3 Å². The summed E-state index contributed by atoms with van der Waals surface area (Å²) in [6.45, 7) is 11.9. The van der Waals surface area contributed by atoms with Gasteiger partial charge in [-0.1, -0.05) is 12.1 Å². The van der Waals surface area contributed by atoms with Crippen LogP contribution < -0.4 is 10.1 Å². The van der Waals surface area contributed by atoms with Gasteiger partial charge in [0.2, 0.25) is 0 Å². The van der Waals surface area contributed by atoms with E-state index in [2.05, 4.69) is 32.2 Å². The number of nitrogens with one attached hydrogen (secondary N) is 1. The number of anilines is 1. The quantitative estimate of drug-likeness (QED) is 0.331. The van der Waals surface area contributed by atoms with Gasteiger partial charge in [0.25, 0.3) is 0 Å². The van der Waals surface area contributed by atoms with Crippen molar-refractivity contribution in [3.63, 3.8) is 0 Å². The number of hydrogen-bond donors (Lipinski definition) is 1. The zero-order chi connectivity index (χ0) is 21.4. The standard InChI is InChI=1S/C23H28ClN3O2/c1-15-10-11-27-18(12-15)25-19(20(27)26-22(2,3)4)16-8-7-9-17(13-16)29-21(28)23(5,6)14-24/h7-13,26H,14H2,1-6H3. The number of hydrogen-bond acceptors (Lipinski definition) is 4. The number of carbonyl (C=O) groups is 1. The van der Waals surface area contributed by atoms with Gasteiger partial charge < -0.3 is 10.1 Å². The average molecular weight is 414 g/mol. The van der Waals surface area contributed by atoms with Gasteiger partial charge in [0.15, 0.2) is 0 Å². The van der Waals surface area contributed by atoms with Crippen LogP contribution in [-0.4, -0.2) is 26.8 Å². The van der Waals surface area contributed by atoms with E-state index in [1.54, 1.807) is 19.9 Å². The van der Waals surface area contributed by atoms with Crippen LogP contribution >= 0.6 is 11.6 Å². The van der Waals surface area contributed by atoms with E-state index in [4.69, 9.17) is 21.3 Å². The number of imidazole rings is 1. The summed E-state index contributed by atoms with van der Waals surface area (Å²) >= 11 is 5.90. The van der Waals surface area contributed by atoms with E-state index in [1.807, 2.05) is 41.8 Å². The Balaban J connectivity index is 2.06. The number of aryl methyl sites for hydroxylation is 1. The van der Waals surface area contributed by atoms with Crippen LogP contribution in [0, 0.1) is 12.3 Å². The largest absolute Gasteiger partial charge is 0.426 e. The highest BCUT2D eigenvalue weighted by atomic mass is 35.5. The fraction of sp³-hybridized carbons (Fsp3) is 0.391. The monoisotopic (exact) mass is 413 g/mol. The number of aromatic nitrogens is 2. The van der Waals surface area contributed by atoms with E-state index >= 15 is 0 Å². The molecule has 0 aliphatic rings. The van der Waals surface area contributed by atoms with Crippen molar-refractivity contribution in [3.8, 4) is 17.0 Å². The summed E-state index contributed by atoms with van der Waals surface area (Å²) in [7, 11) is 0. The number of fused-ring (bicyclic) bond motifs is 1. The van der Waals surface area contributed by atoms with Gasteiger partial charge in [-0.3, -0.25) is 9.20 Å². The summed E-state index contributed by atoms with van der Waals surface area (Å²) in [5, 5.41) is 3.56. The Labute approximate surface area is 177 Å². The molecular weight excluding hydrogens is 386 g/mol. The van der Waals surface area contributed by atoms with Gasteiger partial charge in [-0.25, -0.2) is 4.98 Å². The van der Waals surface area contributed by atoms with Gasteiger partial charge in [-0.15, -0.1) is 11.6 Å². The Kier molecular flexibility index (Phi) is 5.63. The van der Waals surface area contributed by atoms with Gasteiger partial charge in [0.1, 0.15) is 22.9 Å². The Morgan fingerprint density at radius 1 is 1.17 bits per heavy atom. The first-order valence-electron chi connectivity index (χ1n) is 9.66. The molecule has 3 aromatic rings. The molecule has 29 heavy (non-hydrogen) atoms. The van der Waals surface area contributed by atoms with E-state index in [9.17, 15) is 4.79 Å². The molecule has 0 unspecified atom stereocenters. The fourth-order valence-electron chi connectivity index (χ4n) is 2.83. The highest BCUT2D eigenvalue weighted by Crippen LogP contribution is 2.33. The van der Waals surface area contributed by atoms with Crippen molar-refractivity contribution in [2.45, 2.75) is 47.1 Å². The summed E-state index contributed by atoms with van der Waals surface area (Å²) in [6, 6.07) is 11.5. The van der Waals surface area contributed by atoms with Gasteiger partial charge >= 0.3 is 5.97 Å². The molecule has 0 aliphatic carbocycles. The first-order valence-corrected chi connectivity index (χ1v) is 10.2. The van der Waals surface area contributed by atoms with Crippen LogP contribution in [0.5, 0.6) is 5.75 Å². The topological polar surface area (TPSA) is 55.6 Å². The smallest absolute Gasteiger partial charge is 0.318 e. The Morgan fingerprint density at radius 3 is 2.55 bits per heavy atom. The summed E-state index contributed by atoms with van der Waals surface area (Å²) in [5.74, 6) is 1.21. The van der Waals surface area contributed by atoms with Crippen molar-refractivity contribution in [1.29, 1.82) is 0 Å². The minimum absolute atomic E-state index is 0.149. The number of esters is 1. The molecule has 0 fully saturated rings. The molecule has 2 aromatic heterocycles. The molecule has 2 heterocycles. The highest BCUT2D eigenvalue weighted by Gasteiger charge is 2.29. The maximum absolute atomic E-state index is 12.4. The Bertz CT molecular complexity index is 1050. The van der Waals surface area contributed by atoms with Crippen LogP contribution in [0.4, 0.5) is 5.82 Å². The molecule has 0 atom stereocenters. The first-order chi connectivity index (χ1) is 13.5. The summed E-state index contributed by atoms with van der Waals surface area (Å²) in [4.78, 5) is 17.3. The predicted octanol–water partition coefficient (Wildman–Crippen LogP) is 5.69. The minimum atomic E-state index is -0.753. The molecule has 0 radical (unpaired) electrons. The minimum Gasteiger partial charge on any atom is -0.426 e. The zero-order valence-corrected chi connectivity index (χ0v) is 18.6. The van der Waals surface area contributed by atoms with Crippen molar-refractivity contribution < 1.29 is 9.53 Å². The Morgan fingerprint density at radius 2 is 1.90 bits per heavy atom. The molecule has 0 bridgehead atoms. The van der Waals surface area contributed by atoms with E-state index in [0.29, 0.717) is 5.75 Å². The van der Waals surface area contributed by atoms with Gasteiger partial charge in [0.05, 0.1) is 5.41 Å². The van der Waals surface area contributed by atoms with Crippen LogP contribution in [-0.2, 0) is 4.79 Å². The average Bonchev–Trinajstić information content (AvgIpc) is 2.97. The zero-order valence-electron chi connectivity index (χ0n) is 17.8. The molecule has 6 heteroatoms. The molecule has 0 saturated heterocycles. The lowest BCUT2D eigenvalue weighted by molar-refractivity contribution is -0.142.